The Morgan fingerprint density at radius 3 is 2.49 bits per heavy atom. The first-order valence-electron chi connectivity index (χ1n) is 14.1. The fourth-order valence-corrected chi connectivity index (χ4v) is 7.15. The van der Waals surface area contributed by atoms with Crippen LogP contribution < -0.4 is 10.2 Å². The van der Waals surface area contributed by atoms with Gasteiger partial charge >= 0.3 is 0 Å². The Bertz CT molecular complexity index is 1390. The molecule has 1 aliphatic carbocycles. The van der Waals surface area contributed by atoms with E-state index in [0.29, 0.717) is 5.56 Å². The number of aryl methyl sites for hydroxylation is 1. The molecule has 192 valence electrons. The van der Waals surface area contributed by atoms with Gasteiger partial charge in [-0.3, -0.25) is 4.79 Å². The zero-order chi connectivity index (χ0) is 25.7. The van der Waals surface area contributed by atoms with Crippen molar-refractivity contribution in [2.24, 2.45) is 11.8 Å². The minimum absolute atomic E-state index is 0.0993. The maximum atomic E-state index is 13.9. The molecule has 3 heterocycles. The van der Waals surface area contributed by atoms with Gasteiger partial charge in [-0.1, -0.05) is 26.8 Å². The number of nitriles is 1. The molecule has 2 saturated heterocycles. The van der Waals surface area contributed by atoms with Gasteiger partial charge in [-0.15, -0.1) is 0 Å². The molecule has 1 aromatic heterocycles. The molecular weight excluding hydrogens is 456 g/mol. The van der Waals surface area contributed by atoms with Crippen LogP contribution in [0.25, 0.3) is 10.9 Å². The number of hydrogen-bond donors (Lipinski definition) is 2. The van der Waals surface area contributed by atoms with E-state index in [1.807, 2.05) is 18.2 Å². The number of H-pyrrole nitrogens is 1. The summed E-state index contributed by atoms with van der Waals surface area (Å²) in [6.45, 7) is 11.2. The lowest BCUT2D eigenvalue weighted by atomic mass is 9.70. The Hall–Kier alpha value is -3.10. The first-order chi connectivity index (χ1) is 17.9. The maximum absolute atomic E-state index is 13.9. The summed E-state index contributed by atoms with van der Waals surface area (Å²) in [5, 5.41) is 13.8. The number of nitrogens with zero attached hydrogens (tertiary/aromatic N) is 2. The lowest BCUT2D eigenvalue weighted by Gasteiger charge is -2.39. The second-order valence-electron chi connectivity index (χ2n) is 11.9. The second kappa shape index (κ2) is 9.33. The molecule has 0 amide bonds. The Morgan fingerprint density at radius 2 is 1.78 bits per heavy atom. The van der Waals surface area contributed by atoms with Gasteiger partial charge in [0.25, 0.3) is 0 Å². The van der Waals surface area contributed by atoms with Crippen LogP contribution in [0, 0.1) is 23.2 Å². The number of benzene rings is 2. The molecule has 2 aliphatic heterocycles. The molecule has 3 aliphatic rings. The number of rotatable bonds is 4. The number of aromatic nitrogens is 1. The monoisotopic (exact) mass is 494 g/mol. The Balaban J connectivity index is 1.32. The average Bonchev–Trinajstić information content (AvgIpc) is 3.32. The minimum Gasteiger partial charge on any atom is -0.371 e. The van der Waals surface area contributed by atoms with Crippen LogP contribution in [0.15, 0.2) is 30.3 Å². The van der Waals surface area contributed by atoms with Gasteiger partial charge in [0.05, 0.1) is 17.2 Å². The first-order valence-corrected chi connectivity index (χ1v) is 14.1. The van der Waals surface area contributed by atoms with Gasteiger partial charge in [-0.25, -0.2) is 0 Å². The molecular formula is C32H38N4O. The first kappa shape index (κ1) is 24.2. The van der Waals surface area contributed by atoms with Gasteiger partial charge < -0.3 is 15.2 Å². The molecule has 5 heteroatoms. The van der Waals surface area contributed by atoms with Gasteiger partial charge in [0.1, 0.15) is 0 Å². The number of fused-ring (bicyclic) bond motifs is 4. The smallest absolute Gasteiger partial charge is 0.195 e. The van der Waals surface area contributed by atoms with E-state index in [4.69, 9.17) is 0 Å². The molecule has 2 aromatic carbocycles. The van der Waals surface area contributed by atoms with E-state index in [2.05, 4.69) is 54.2 Å². The Labute approximate surface area is 220 Å². The summed E-state index contributed by atoms with van der Waals surface area (Å²) < 4.78 is 0. The van der Waals surface area contributed by atoms with Crippen molar-refractivity contribution < 1.29 is 4.79 Å². The van der Waals surface area contributed by atoms with Crippen molar-refractivity contribution in [2.45, 2.75) is 64.7 Å². The predicted octanol–water partition coefficient (Wildman–Crippen LogP) is 6.08. The summed E-state index contributed by atoms with van der Waals surface area (Å²) in [4.78, 5) is 20.0. The van der Waals surface area contributed by atoms with Gasteiger partial charge in [0.15, 0.2) is 5.78 Å². The highest BCUT2D eigenvalue weighted by Crippen LogP contribution is 2.46. The molecule has 37 heavy (non-hydrogen) atoms. The van der Waals surface area contributed by atoms with Crippen LogP contribution in [-0.2, 0) is 11.8 Å². The van der Waals surface area contributed by atoms with Crippen molar-refractivity contribution in [3.63, 3.8) is 0 Å². The van der Waals surface area contributed by atoms with Crippen molar-refractivity contribution in [1.82, 2.24) is 10.3 Å². The zero-order valence-corrected chi connectivity index (χ0v) is 22.4. The zero-order valence-electron chi connectivity index (χ0n) is 22.4. The van der Waals surface area contributed by atoms with Crippen molar-refractivity contribution in [2.75, 3.05) is 31.1 Å². The number of carbonyl (C=O) groups excluding carboxylic acids is 1. The van der Waals surface area contributed by atoms with E-state index in [9.17, 15) is 10.1 Å². The minimum atomic E-state index is -0.335. The Kier molecular flexibility index (Phi) is 6.12. The summed E-state index contributed by atoms with van der Waals surface area (Å²) >= 11 is 0. The number of nitrogens with one attached hydrogen (secondary N) is 2. The summed E-state index contributed by atoms with van der Waals surface area (Å²) in [5.41, 5.74) is 7.40. The molecule has 0 saturated carbocycles. The molecule has 0 spiro atoms. The fourth-order valence-electron chi connectivity index (χ4n) is 7.15. The summed E-state index contributed by atoms with van der Waals surface area (Å²) in [6, 6.07) is 12.3. The van der Waals surface area contributed by atoms with E-state index in [1.54, 1.807) is 0 Å². The van der Waals surface area contributed by atoms with Crippen LogP contribution in [0.1, 0.15) is 91.2 Å². The standard InChI is InChI=1S/C32H38N4O/c1-4-23-17-25-26(18-28(23)36-13-9-21(10-14-36)15-20-7-11-34-12-8-20)32(2,3)31-29(30(25)37)24-6-5-22(19-33)16-27(24)35-31/h5-6,16-18,20-21,34-35H,4,7-15H2,1-3H3. The third-order valence-corrected chi connectivity index (χ3v) is 9.38. The number of ketones is 1. The number of hydrogen-bond acceptors (Lipinski definition) is 4. The van der Waals surface area contributed by atoms with Crippen LogP contribution in [-0.4, -0.2) is 36.9 Å². The number of carbonyl (C=O) groups is 1. The van der Waals surface area contributed by atoms with Crippen molar-refractivity contribution in [1.29, 1.82) is 5.26 Å². The topological polar surface area (TPSA) is 71.9 Å². The predicted molar refractivity (Wildman–Crippen MR) is 150 cm³/mol. The van der Waals surface area contributed by atoms with Gasteiger partial charge in [0.2, 0.25) is 0 Å². The van der Waals surface area contributed by atoms with Crippen LogP contribution in [0.5, 0.6) is 0 Å². The van der Waals surface area contributed by atoms with E-state index in [-0.39, 0.29) is 11.2 Å². The van der Waals surface area contributed by atoms with Gasteiger partial charge in [0, 0.05) is 46.4 Å². The quantitative estimate of drug-likeness (QED) is 0.461. The lowest BCUT2D eigenvalue weighted by Crippen LogP contribution is -2.37. The van der Waals surface area contributed by atoms with Crippen LogP contribution in [0.4, 0.5) is 5.69 Å². The van der Waals surface area contributed by atoms with Crippen molar-refractivity contribution in [3.8, 4) is 6.07 Å². The van der Waals surface area contributed by atoms with Crippen LogP contribution in [0.3, 0.4) is 0 Å². The van der Waals surface area contributed by atoms with Crippen molar-refractivity contribution in [3.05, 3.63) is 63.8 Å². The SMILES string of the molecule is CCc1cc2c(cc1N1CCC(CC3CCNCC3)CC1)C(C)(C)c1[nH]c3cc(C#N)ccc3c1C2=O. The molecule has 6 rings (SSSR count). The van der Waals surface area contributed by atoms with E-state index in [1.165, 1.54) is 56.4 Å². The fraction of sp³-hybridized carbons (Fsp3) is 0.500. The highest BCUT2D eigenvalue weighted by Gasteiger charge is 2.40. The van der Waals surface area contributed by atoms with Crippen LogP contribution >= 0.6 is 0 Å². The van der Waals surface area contributed by atoms with Gasteiger partial charge in [-0.05, 0) is 98.8 Å². The Morgan fingerprint density at radius 1 is 1.05 bits per heavy atom. The largest absolute Gasteiger partial charge is 0.371 e. The number of aromatic amines is 1. The third-order valence-electron chi connectivity index (χ3n) is 9.38. The molecule has 2 fully saturated rings. The normalized spacial score (nSPS) is 20.1. The molecule has 0 atom stereocenters. The molecule has 0 unspecified atom stereocenters. The van der Waals surface area contributed by atoms with Crippen LogP contribution in [0.2, 0.25) is 0 Å². The van der Waals surface area contributed by atoms with Gasteiger partial charge in [-0.2, -0.15) is 5.26 Å². The average molecular weight is 495 g/mol. The highest BCUT2D eigenvalue weighted by molar-refractivity contribution is 6.20. The second-order valence-corrected chi connectivity index (χ2v) is 11.9. The number of piperidine rings is 2. The lowest BCUT2D eigenvalue weighted by molar-refractivity contribution is 0.103. The van der Waals surface area contributed by atoms with E-state index >= 15 is 0 Å². The molecule has 0 radical (unpaired) electrons. The third kappa shape index (κ3) is 4.07. The van der Waals surface area contributed by atoms with E-state index < -0.39 is 0 Å². The summed E-state index contributed by atoms with van der Waals surface area (Å²) in [6.07, 6.45) is 7.50. The maximum Gasteiger partial charge on any atom is 0.195 e. The molecule has 5 nitrogen and oxygen atoms in total. The number of anilines is 1. The molecule has 2 N–H and O–H groups in total. The van der Waals surface area contributed by atoms with Crippen molar-refractivity contribution >= 4 is 22.4 Å². The van der Waals surface area contributed by atoms with E-state index in [0.717, 1.165) is 64.6 Å². The summed E-state index contributed by atoms with van der Waals surface area (Å²) in [7, 11) is 0. The molecule has 3 aromatic rings. The highest BCUT2D eigenvalue weighted by atomic mass is 16.1. The summed E-state index contributed by atoms with van der Waals surface area (Å²) in [5.74, 6) is 1.84. The molecule has 0 bridgehead atoms.